The topological polar surface area (TPSA) is 23.6 Å². The van der Waals surface area contributed by atoms with Crippen LogP contribution in [0.3, 0.4) is 0 Å². The molecule has 0 atom stereocenters. The standard InChI is InChI=1S/C13H18N2O/c1-2-3-9-14-10-11-15(13(14)16)12-7-5-4-6-8-12/h4-8H,2-3,9-11H2,1H3. The number of hydrogen-bond acceptors (Lipinski definition) is 1. The van der Waals surface area contributed by atoms with Crippen LogP contribution in [0.25, 0.3) is 0 Å². The summed E-state index contributed by atoms with van der Waals surface area (Å²) in [6, 6.07) is 10.0. The van der Waals surface area contributed by atoms with Gasteiger partial charge >= 0.3 is 6.03 Å². The molecule has 1 heterocycles. The Morgan fingerprint density at radius 3 is 2.62 bits per heavy atom. The molecule has 86 valence electrons. The molecule has 1 fully saturated rings. The highest BCUT2D eigenvalue weighted by atomic mass is 16.2. The zero-order valence-electron chi connectivity index (χ0n) is 9.72. The van der Waals surface area contributed by atoms with Crippen LogP contribution in [-0.2, 0) is 0 Å². The third kappa shape index (κ3) is 2.18. The summed E-state index contributed by atoms with van der Waals surface area (Å²) in [4.78, 5) is 15.9. The van der Waals surface area contributed by atoms with Gasteiger partial charge in [-0.15, -0.1) is 0 Å². The number of carbonyl (C=O) groups excluding carboxylic acids is 1. The molecule has 16 heavy (non-hydrogen) atoms. The van der Waals surface area contributed by atoms with E-state index in [2.05, 4.69) is 6.92 Å². The van der Waals surface area contributed by atoms with Crippen molar-refractivity contribution in [1.82, 2.24) is 4.90 Å². The van der Waals surface area contributed by atoms with Crippen molar-refractivity contribution in [1.29, 1.82) is 0 Å². The van der Waals surface area contributed by atoms with Gasteiger partial charge in [-0.25, -0.2) is 4.79 Å². The number of hydrogen-bond donors (Lipinski definition) is 0. The van der Waals surface area contributed by atoms with Crippen LogP contribution in [0.2, 0.25) is 0 Å². The molecule has 2 rings (SSSR count). The number of carbonyl (C=O) groups is 1. The molecule has 3 nitrogen and oxygen atoms in total. The normalized spacial score (nSPS) is 15.9. The molecule has 1 aliphatic rings. The molecule has 3 heteroatoms. The van der Waals surface area contributed by atoms with E-state index in [0.717, 1.165) is 38.2 Å². The van der Waals surface area contributed by atoms with Gasteiger partial charge in [0.05, 0.1) is 0 Å². The smallest absolute Gasteiger partial charge is 0.323 e. The Kier molecular flexibility index (Phi) is 3.44. The van der Waals surface area contributed by atoms with Crippen molar-refractivity contribution in [2.75, 3.05) is 24.5 Å². The van der Waals surface area contributed by atoms with Gasteiger partial charge in [0.25, 0.3) is 0 Å². The summed E-state index contributed by atoms with van der Waals surface area (Å²) in [6.45, 7) is 4.70. The second-order valence-electron chi connectivity index (χ2n) is 4.11. The fourth-order valence-corrected chi connectivity index (χ4v) is 1.99. The first-order chi connectivity index (χ1) is 7.83. The minimum Gasteiger partial charge on any atom is -0.323 e. The van der Waals surface area contributed by atoms with Crippen LogP contribution < -0.4 is 4.90 Å². The van der Waals surface area contributed by atoms with Crippen LogP contribution in [0.15, 0.2) is 30.3 Å². The van der Waals surface area contributed by atoms with E-state index in [1.54, 1.807) is 0 Å². The van der Waals surface area contributed by atoms with E-state index in [9.17, 15) is 4.79 Å². The Morgan fingerprint density at radius 1 is 1.19 bits per heavy atom. The maximum absolute atomic E-state index is 12.1. The Hall–Kier alpha value is -1.51. The summed E-state index contributed by atoms with van der Waals surface area (Å²) < 4.78 is 0. The van der Waals surface area contributed by atoms with Crippen LogP contribution in [0.5, 0.6) is 0 Å². The van der Waals surface area contributed by atoms with Crippen LogP contribution in [-0.4, -0.2) is 30.6 Å². The molecule has 0 aromatic heterocycles. The van der Waals surface area contributed by atoms with E-state index in [1.165, 1.54) is 0 Å². The second-order valence-corrected chi connectivity index (χ2v) is 4.11. The number of rotatable bonds is 4. The monoisotopic (exact) mass is 218 g/mol. The average Bonchev–Trinajstić information content (AvgIpc) is 2.69. The van der Waals surface area contributed by atoms with E-state index in [0.29, 0.717) is 0 Å². The molecule has 2 amide bonds. The molecule has 0 saturated carbocycles. The van der Waals surface area contributed by atoms with Crippen LogP contribution in [0.1, 0.15) is 19.8 Å². The van der Waals surface area contributed by atoms with Crippen molar-refractivity contribution in [3.05, 3.63) is 30.3 Å². The first kappa shape index (κ1) is 11.0. The number of urea groups is 1. The van der Waals surface area contributed by atoms with Crippen molar-refractivity contribution in [3.63, 3.8) is 0 Å². The Labute approximate surface area is 96.7 Å². The predicted molar refractivity (Wildman–Crippen MR) is 65.7 cm³/mol. The Morgan fingerprint density at radius 2 is 1.94 bits per heavy atom. The van der Waals surface area contributed by atoms with E-state index in [-0.39, 0.29) is 6.03 Å². The summed E-state index contributed by atoms with van der Waals surface area (Å²) in [5.41, 5.74) is 1.01. The summed E-state index contributed by atoms with van der Waals surface area (Å²) in [6.07, 6.45) is 2.23. The number of unbranched alkanes of at least 4 members (excludes halogenated alkanes) is 1. The molecule has 1 saturated heterocycles. The minimum absolute atomic E-state index is 0.152. The molecule has 0 aliphatic carbocycles. The zero-order chi connectivity index (χ0) is 11.4. The molecule has 0 unspecified atom stereocenters. The van der Waals surface area contributed by atoms with Crippen molar-refractivity contribution in [3.8, 4) is 0 Å². The summed E-state index contributed by atoms with van der Waals surface area (Å²) in [7, 11) is 0. The van der Waals surface area contributed by atoms with Crippen molar-refractivity contribution in [2.24, 2.45) is 0 Å². The van der Waals surface area contributed by atoms with Gasteiger partial charge in [-0.1, -0.05) is 31.5 Å². The van der Waals surface area contributed by atoms with Crippen molar-refractivity contribution >= 4 is 11.7 Å². The maximum Gasteiger partial charge on any atom is 0.324 e. The maximum atomic E-state index is 12.1. The van der Waals surface area contributed by atoms with Crippen LogP contribution >= 0.6 is 0 Å². The summed E-state index contributed by atoms with van der Waals surface area (Å²) >= 11 is 0. The molecule has 1 aliphatic heterocycles. The molecule has 1 aromatic carbocycles. The zero-order valence-corrected chi connectivity index (χ0v) is 9.72. The molecule has 0 spiro atoms. The highest BCUT2D eigenvalue weighted by molar-refractivity contribution is 5.94. The molecule has 0 bridgehead atoms. The molecular weight excluding hydrogens is 200 g/mol. The summed E-state index contributed by atoms with van der Waals surface area (Å²) in [5, 5.41) is 0. The average molecular weight is 218 g/mol. The third-order valence-electron chi connectivity index (χ3n) is 2.94. The largest absolute Gasteiger partial charge is 0.324 e. The summed E-state index contributed by atoms with van der Waals surface area (Å²) in [5.74, 6) is 0. The molecule has 0 radical (unpaired) electrons. The lowest BCUT2D eigenvalue weighted by molar-refractivity contribution is 0.220. The van der Waals surface area contributed by atoms with Crippen LogP contribution in [0.4, 0.5) is 10.5 Å². The molecule has 1 aromatic rings. The van der Waals surface area contributed by atoms with E-state index in [1.807, 2.05) is 40.1 Å². The second kappa shape index (κ2) is 5.01. The lowest BCUT2D eigenvalue weighted by Gasteiger charge is -2.18. The van der Waals surface area contributed by atoms with E-state index >= 15 is 0 Å². The highest BCUT2D eigenvalue weighted by Crippen LogP contribution is 2.19. The quantitative estimate of drug-likeness (QED) is 0.762. The first-order valence-corrected chi connectivity index (χ1v) is 5.94. The van der Waals surface area contributed by atoms with E-state index in [4.69, 9.17) is 0 Å². The van der Waals surface area contributed by atoms with Gasteiger partial charge in [0.15, 0.2) is 0 Å². The lowest BCUT2D eigenvalue weighted by Crippen LogP contribution is -2.32. The Bertz CT molecular complexity index is 350. The van der Waals surface area contributed by atoms with E-state index < -0.39 is 0 Å². The van der Waals surface area contributed by atoms with Crippen molar-refractivity contribution in [2.45, 2.75) is 19.8 Å². The molecule has 0 N–H and O–H groups in total. The highest BCUT2D eigenvalue weighted by Gasteiger charge is 2.28. The number of anilines is 1. The van der Waals surface area contributed by atoms with Gasteiger partial charge in [0, 0.05) is 25.3 Å². The van der Waals surface area contributed by atoms with Gasteiger partial charge < -0.3 is 4.90 Å². The van der Waals surface area contributed by atoms with Crippen molar-refractivity contribution < 1.29 is 4.79 Å². The fraction of sp³-hybridized carbons (Fsp3) is 0.462. The molecular formula is C13H18N2O. The predicted octanol–water partition coefficient (Wildman–Crippen LogP) is 2.73. The number of nitrogens with zero attached hydrogens (tertiary/aromatic N) is 2. The minimum atomic E-state index is 0.152. The van der Waals surface area contributed by atoms with Gasteiger partial charge in [-0.2, -0.15) is 0 Å². The van der Waals surface area contributed by atoms with Gasteiger partial charge in [0.2, 0.25) is 0 Å². The SMILES string of the molecule is CCCCN1CCN(c2ccccc2)C1=O. The first-order valence-electron chi connectivity index (χ1n) is 5.94. The third-order valence-corrected chi connectivity index (χ3v) is 2.94. The van der Waals surface area contributed by atoms with Gasteiger partial charge in [0.1, 0.15) is 0 Å². The van der Waals surface area contributed by atoms with Gasteiger partial charge in [-0.3, -0.25) is 4.90 Å². The number of benzene rings is 1. The van der Waals surface area contributed by atoms with Gasteiger partial charge in [-0.05, 0) is 18.6 Å². The Balaban J connectivity index is 2.02. The number of amides is 2. The number of para-hydroxylation sites is 1. The van der Waals surface area contributed by atoms with Crippen LogP contribution in [0, 0.1) is 0 Å². The lowest BCUT2D eigenvalue weighted by atomic mass is 10.3. The fourth-order valence-electron chi connectivity index (χ4n) is 1.99.